The van der Waals surface area contributed by atoms with Gasteiger partial charge in [0.05, 0.1) is 23.0 Å². The van der Waals surface area contributed by atoms with Crippen LogP contribution in [0.5, 0.6) is 0 Å². The van der Waals surface area contributed by atoms with Gasteiger partial charge in [-0.2, -0.15) is 0 Å². The summed E-state index contributed by atoms with van der Waals surface area (Å²) in [7, 11) is 0. The van der Waals surface area contributed by atoms with Gasteiger partial charge in [0.2, 0.25) is 0 Å². The molecule has 1 saturated carbocycles. The minimum absolute atomic E-state index is 0.0189. The lowest BCUT2D eigenvalue weighted by Crippen LogP contribution is -2.27. The van der Waals surface area contributed by atoms with E-state index >= 15 is 0 Å². The normalized spacial score (nSPS) is 23.6. The Labute approximate surface area is 237 Å². The first kappa shape index (κ1) is 25.3. The quantitative estimate of drug-likeness (QED) is 0.242. The Balaban J connectivity index is 1.11. The van der Waals surface area contributed by atoms with Crippen molar-refractivity contribution < 1.29 is 9.47 Å². The van der Waals surface area contributed by atoms with E-state index in [9.17, 15) is 0 Å². The highest BCUT2D eigenvalue weighted by Crippen LogP contribution is 2.49. The van der Waals surface area contributed by atoms with Crippen LogP contribution in [-0.2, 0) is 15.9 Å². The SMILES string of the molecule is CC1(C)O[C@@H]2[C@@H](CCc3ccc4ccc(Nc5ccc(Cl)cc5)nc4c3)C[C@@H](n3ccc4c(N)ncnc43)[C@@H]2O1. The molecule has 1 aliphatic heterocycles. The molecule has 4 atom stereocenters. The van der Waals surface area contributed by atoms with Gasteiger partial charge in [-0.05, 0) is 93.1 Å². The third kappa shape index (κ3) is 4.66. The number of rotatable bonds is 6. The summed E-state index contributed by atoms with van der Waals surface area (Å²) in [6.07, 6.45) is 6.41. The number of fused-ring (bicyclic) bond motifs is 3. The number of anilines is 3. The molecule has 40 heavy (non-hydrogen) atoms. The van der Waals surface area contributed by atoms with E-state index < -0.39 is 5.79 Å². The number of halogens is 1. The van der Waals surface area contributed by atoms with Gasteiger partial charge in [0.1, 0.15) is 29.7 Å². The van der Waals surface area contributed by atoms with E-state index in [1.54, 1.807) is 0 Å². The molecule has 204 valence electrons. The van der Waals surface area contributed by atoms with Crippen molar-refractivity contribution in [1.29, 1.82) is 0 Å². The minimum Gasteiger partial charge on any atom is -0.383 e. The van der Waals surface area contributed by atoms with E-state index in [0.29, 0.717) is 16.8 Å². The van der Waals surface area contributed by atoms with Crippen LogP contribution in [0.2, 0.25) is 5.02 Å². The molecule has 8 nitrogen and oxygen atoms in total. The van der Waals surface area contributed by atoms with Crippen molar-refractivity contribution in [1.82, 2.24) is 19.5 Å². The molecule has 2 aliphatic rings. The number of nitrogens with one attached hydrogen (secondary N) is 1. The lowest BCUT2D eigenvalue weighted by molar-refractivity contribution is -0.160. The first-order valence-electron chi connectivity index (χ1n) is 13.7. The van der Waals surface area contributed by atoms with Gasteiger partial charge in [-0.3, -0.25) is 0 Å². The van der Waals surface area contributed by atoms with Crippen LogP contribution in [0.1, 0.15) is 38.3 Å². The molecule has 1 saturated heterocycles. The van der Waals surface area contributed by atoms with Crippen LogP contribution in [0, 0.1) is 5.92 Å². The third-order valence-electron chi connectivity index (χ3n) is 8.13. The van der Waals surface area contributed by atoms with E-state index in [1.807, 2.05) is 50.2 Å². The summed E-state index contributed by atoms with van der Waals surface area (Å²) in [5.41, 5.74) is 10.1. The molecular weight excluding hydrogens is 524 g/mol. The van der Waals surface area contributed by atoms with Crippen molar-refractivity contribution in [2.75, 3.05) is 11.1 Å². The number of aromatic nitrogens is 4. The second-order valence-electron chi connectivity index (χ2n) is 11.2. The maximum absolute atomic E-state index is 6.47. The summed E-state index contributed by atoms with van der Waals surface area (Å²) in [6, 6.07) is 20.4. The van der Waals surface area contributed by atoms with Crippen molar-refractivity contribution in [3.8, 4) is 0 Å². The van der Waals surface area contributed by atoms with Gasteiger partial charge >= 0.3 is 0 Å². The summed E-state index contributed by atoms with van der Waals surface area (Å²) in [5, 5.41) is 6.06. The minimum atomic E-state index is -0.621. The maximum Gasteiger partial charge on any atom is 0.163 e. The summed E-state index contributed by atoms with van der Waals surface area (Å²) in [4.78, 5) is 13.6. The predicted molar refractivity (Wildman–Crippen MR) is 158 cm³/mol. The summed E-state index contributed by atoms with van der Waals surface area (Å²) < 4.78 is 15.1. The number of ether oxygens (including phenoxy) is 2. The van der Waals surface area contributed by atoms with E-state index in [4.69, 9.17) is 31.8 Å². The van der Waals surface area contributed by atoms with Crippen LogP contribution < -0.4 is 11.1 Å². The lowest BCUT2D eigenvalue weighted by Gasteiger charge is -2.24. The highest BCUT2D eigenvalue weighted by molar-refractivity contribution is 6.30. The second-order valence-corrected chi connectivity index (χ2v) is 11.7. The van der Waals surface area contributed by atoms with Gasteiger partial charge in [-0.25, -0.2) is 15.0 Å². The number of pyridine rings is 1. The molecule has 4 heterocycles. The van der Waals surface area contributed by atoms with Crippen molar-refractivity contribution >= 4 is 50.9 Å². The molecule has 0 unspecified atom stereocenters. The fraction of sp³-hybridized carbons (Fsp3) is 0.323. The van der Waals surface area contributed by atoms with Crippen LogP contribution in [-0.4, -0.2) is 37.5 Å². The molecular formula is C31H31ClN6O2. The average Bonchev–Trinajstić information content (AvgIpc) is 3.60. The second kappa shape index (κ2) is 9.73. The van der Waals surface area contributed by atoms with Crippen molar-refractivity contribution in [2.24, 2.45) is 5.92 Å². The van der Waals surface area contributed by atoms with Crippen molar-refractivity contribution in [3.63, 3.8) is 0 Å². The van der Waals surface area contributed by atoms with Crippen LogP contribution in [0.15, 0.2) is 73.2 Å². The summed E-state index contributed by atoms with van der Waals surface area (Å²) >= 11 is 6.02. The molecule has 3 N–H and O–H groups in total. The number of aryl methyl sites for hydroxylation is 1. The fourth-order valence-corrected chi connectivity index (χ4v) is 6.42. The number of hydrogen-bond acceptors (Lipinski definition) is 7. The molecule has 9 heteroatoms. The standard InChI is InChI=1S/C31H31ClN6O2/c1-31(2)39-27-20(16-25(28(27)40-31)38-14-13-23-29(33)34-17-35-30(23)38)6-4-18-3-5-19-7-12-26(37-24(19)15-18)36-22-10-8-21(32)9-11-22/h3,5,7-15,17,20,25,27-28H,4,6,16H2,1-2H3,(H,36,37)(H2,33,34,35)/t20-,25+,27+,28-/m0/s1. The van der Waals surface area contributed by atoms with Crippen LogP contribution in [0.25, 0.3) is 21.9 Å². The largest absolute Gasteiger partial charge is 0.383 e. The Morgan fingerprint density at radius 1 is 1.02 bits per heavy atom. The molecule has 3 aromatic heterocycles. The zero-order valence-corrected chi connectivity index (χ0v) is 23.2. The molecule has 0 amide bonds. The fourth-order valence-electron chi connectivity index (χ4n) is 6.29. The van der Waals surface area contributed by atoms with Crippen molar-refractivity contribution in [2.45, 2.75) is 57.1 Å². The lowest BCUT2D eigenvalue weighted by atomic mass is 9.95. The molecule has 2 aromatic carbocycles. The van der Waals surface area contributed by atoms with Gasteiger partial charge < -0.3 is 25.1 Å². The summed E-state index contributed by atoms with van der Waals surface area (Å²) in [5.74, 6) is 1.02. The molecule has 0 spiro atoms. The topological polar surface area (TPSA) is 100 Å². The van der Waals surface area contributed by atoms with E-state index in [0.717, 1.165) is 52.7 Å². The Kier molecular flexibility index (Phi) is 6.14. The monoisotopic (exact) mass is 554 g/mol. The zero-order chi connectivity index (χ0) is 27.4. The highest BCUT2D eigenvalue weighted by Gasteiger charge is 2.54. The van der Waals surface area contributed by atoms with Crippen LogP contribution >= 0.6 is 11.6 Å². The number of hydrogen-bond donors (Lipinski definition) is 2. The Morgan fingerprint density at radius 2 is 1.82 bits per heavy atom. The average molecular weight is 555 g/mol. The van der Waals surface area contributed by atoms with Gasteiger partial charge in [-0.15, -0.1) is 0 Å². The molecule has 0 radical (unpaired) electrons. The third-order valence-corrected chi connectivity index (χ3v) is 8.38. The van der Waals surface area contributed by atoms with Gasteiger partial charge in [-0.1, -0.05) is 23.7 Å². The number of nitrogens with two attached hydrogens (primary N) is 1. The number of benzene rings is 2. The first-order valence-corrected chi connectivity index (χ1v) is 14.1. The van der Waals surface area contributed by atoms with E-state index in [1.165, 1.54) is 11.9 Å². The first-order chi connectivity index (χ1) is 19.3. The van der Waals surface area contributed by atoms with E-state index in [2.05, 4.69) is 50.3 Å². The van der Waals surface area contributed by atoms with Crippen LogP contribution in [0.3, 0.4) is 0 Å². The number of nitrogens with zero attached hydrogens (tertiary/aromatic N) is 4. The zero-order valence-electron chi connectivity index (χ0n) is 22.4. The number of nitrogen functional groups attached to an aromatic ring is 1. The molecule has 7 rings (SSSR count). The van der Waals surface area contributed by atoms with Gasteiger partial charge in [0.15, 0.2) is 5.79 Å². The Morgan fingerprint density at radius 3 is 2.67 bits per heavy atom. The Hall–Kier alpha value is -3.72. The predicted octanol–water partition coefficient (Wildman–Crippen LogP) is 6.67. The van der Waals surface area contributed by atoms with Crippen molar-refractivity contribution in [3.05, 3.63) is 83.8 Å². The maximum atomic E-state index is 6.47. The van der Waals surface area contributed by atoms with Crippen LogP contribution in [0.4, 0.5) is 17.3 Å². The molecule has 1 aliphatic carbocycles. The van der Waals surface area contributed by atoms with Gasteiger partial charge in [0, 0.05) is 22.3 Å². The molecule has 0 bridgehead atoms. The van der Waals surface area contributed by atoms with Gasteiger partial charge in [0.25, 0.3) is 0 Å². The van der Waals surface area contributed by atoms with E-state index in [-0.39, 0.29) is 18.2 Å². The molecule has 2 fully saturated rings. The Bertz CT molecular complexity index is 1700. The highest BCUT2D eigenvalue weighted by atomic mass is 35.5. The summed E-state index contributed by atoms with van der Waals surface area (Å²) in [6.45, 7) is 4.00. The smallest absolute Gasteiger partial charge is 0.163 e. The molecule has 5 aromatic rings.